The number of aromatic amines is 1. The van der Waals surface area contributed by atoms with Crippen molar-refractivity contribution in [3.8, 4) is 0 Å². The molecule has 0 saturated heterocycles. The monoisotopic (exact) mass is 210 g/mol. The van der Waals surface area contributed by atoms with E-state index < -0.39 is 0 Å². The zero-order valence-corrected chi connectivity index (χ0v) is 8.49. The Balaban J connectivity index is 2.64. The standard InChI is InChI=1S/C10H14N2O3/c1-2-8(6-14)12-10(15)9-3-7(5-13)4-11-9/h3-5,8,11,14H,2,6H2,1H3,(H,12,15). The largest absolute Gasteiger partial charge is 0.394 e. The Labute approximate surface area is 87.5 Å². The average molecular weight is 210 g/mol. The Morgan fingerprint density at radius 3 is 2.93 bits per heavy atom. The molecule has 0 spiro atoms. The lowest BCUT2D eigenvalue weighted by molar-refractivity contribution is 0.0910. The summed E-state index contributed by atoms with van der Waals surface area (Å²) in [6.45, 7) is 1.77. The third-order valence-electron chi connectivity index (χ3n) is 2.13. The van der Waals surface area contributed by atoms with Crippen molar-refractivity contribution < 1.29 is 14.7 Å². The van der Waals surface area contributed by atoms with Crippen LogP contribution in [0.1, 0.15) is 34.2 Å². The summed E-state index contributed by atoms with van der Waals surface area (Å²) < 4.78 is 0. The van der Waals surface area contributed by atoms with Gasteiger partial charge >= 0.3 is 0 Å². The first-order valence-corrected chi connectivity index (χ1v) is 4.76. The number of aromatic nitrogens is 1. The third kappa shape index (κ3) is 2.92. The van der Waals surface area contributed by atoms with Gasteiger partial charge in [-0.15, -0.1) is 0 Å². The number of carbonyl (C=O) groups excluding carboxylic acids is 2. The van der Waals surface area contributed by atoms with Crippen LogP contribution in [0, 0.1) is 0 Å². The molecule has 0 fully saturated rings. The molecule has 1 aromatic heterocycles. The molecule has 5 nitrogen and oxygen atoms in total. The van der Waals surface area contributed by atoms with Gasteiger partial charge in [0.05, 0.1) is 12.6 Å². The minimum Gasteiger partial charge on any atom is -0.394 e. The Morgan fingerprint density at radius 2 is 2.47 bits per heavy atom. The van der Waals surface area contributed by atoms with Crippen molar-refractivity contribution in [2.75, 3.05) is 6.61 Å². The van der Waals surface area contributed by atoms with Crippen molar-refractivity contribution in [1.29, 1.82) is 0 Å². The normalized spacial score (nSPS) is 12.1. The van der Waals surface area contributed by atoms with E-state index in [1.54, 1.807) is 0 Å². The number of H-pyrrole nitrogens is 1. The number of hydrogen-bond donors (Lipinski definition) is 3. The number of hydrogen-bond acceptors (Lipinski definition) is 3. The van der Waals surface area contributed by atoms with Gasteiger partial charge in [-0.3, -0.25) is 9.59 Å². The maximum Gasteiger partial charge on any atom is 0.268 e. The summed E-state index contributed by atoms with van der Waals surface area (Å²) in [7, 11) is 0. The fourth-order valence-electron chi connectivity index (χ4n) is 1.15. The predicted molar refractivity (Wildman–Crippen MR) is 54.8 cm³/mol. The maximum absolute atomic E-state index is 11.5. The minimum absolute atomic E-state index is 0.0938. The van der Waals surface area contributed by atoms with E-state index in [9.17, 15) is 9.59 Å². The summed E-state index contributed by atoms with van der Waals surface area (Å²) in [6, 6.07) is 1.22. The topological polar surface area (TPSA) is 82.2 Å². The van der Waals surface area contributed by atoms with E-state index in [0.29, 0.717) is 24.0 Å². The number of amides is 1. The number of aliphatic hydroxyl groups excluding tert-OH is 1. The Morgan fingerprint density at radius 1 is 1.73 bits per heavy atom. The van der Waals surface area contributed by atoms with Crippen LogP contribution in [0.25, 0.3) is 0 Å². The molecule has 1 heterocycles. The molecule has 3 N–H and O–H groups in total. The number of aliphatic hydroxyl groups is 1. The highest BCUT2D eigenvalue weighted by atomic mass is 16.3. The SMILES string of the molecule is CCC(CO)NC(=O)c1cc(C=O)c[nH]1. The molecular weight excluding hydrogens is 196 g/mol. The first kappa shape index (κ1) is 11.5. The van der Waals surface area contributed by atoms with Crippen molar-refractivity contribution in [2.45, 2.75) is 19.4 Å². The molecule has 1 atom stereocenters. The summed E-state index contributed by atoms with van der Waals surface area (Å²) in [6.07, 6.45) is 2.78. The zero-order chi connectivity index (χ0) is 11.3. The number of nitrogens with one attached hydrogen (secondary N) is 2. The second-order valence-corrected chi connectivity index (χ2v) is 3.23. The molecule has 82 valence electrons. The smallest absolute Gasteiger partial charge is 0.268 e. The van der Waals surface area contributed by atoms with E-state index in [0.717, 1.165) is 0 Å². The Hall–Kier alpha value is -1.62. The van der Waals surface area contributed by atoms with Crippen LogP contribution in [0.4, 0.5) is 0 Å². The summed E-state index contributed by atoms with van der Waals surface area (Å²) in [5.41, 5.74) is 0.751. The average Bonchev–Trinajstić information content (AvgIpc) is 2.74. The molecule has 1 rings (SSSR count). The van der Waals surface area contributed by atoms with Crippen LogP contribution in [-0.2, 0) is 0 Å². The summed E-state index contributed by atoms with van der Waals surface area (Å²) in [5, 5.41) is 11.5. The highest BCUT2D eigenvalue weighted by Crippen LogP contribution is 2.01. The first-order valence-electron chi connectivity index (χ1n) is 4.76. The van der Waals surface area contributed by atoms with Gasteiger partial charge in [0.2, 0.25) is 0 Å². The van der Waals surface area contributed by atoms with Gasteiger partial charge in [-0.05, 0) is 12.5 Å². The lowest BCUT2D eigenvalue weighted by atomic mass is 10.2. The zero-order valence-electron chi connectivity index (χ0n) is 8.49. The van der Waals surface area contributed by atoms with E-state index in [1.165, 1.54) is 12.3 Å². The lowest BCUT2D eigenvalue weighted by Crippen LogP contribution is -2.37. The molecule has 1 amide bonds. The van der Waals surface area contributed by atoms with Crippen molar-refractivity contribution in [2.24, 2.45) is 0 Å². The molecule has 0 aliphatic heterocycles. The summed E-state index contributed by atoms with van der Waals surface area (Å²) in [4.78, 5) is 24.6. The van der Waals surface area contributed by atoms with E-state index in [4.69, 9.17) is 5.11 Å². The predicted octanol–water partition coefficient (Wildman–Crippen LogP) is 0.328. The fourth-order valence-corrected chi connectivity index (χ4v) is 1.15. The molecule has 1 aromatic rings. The fraction of sp³-hybridized carbons (Fsp3) is 0.400. The van der Waals surface area contributed by atoms with Gasteiger partial charge in [-0.2, -0.15) is 0 Å². The van der Waals surface area contributed by atoms with Gasteiger partial charge in [0.1, 0.15) is 5.69 Å². The van der Waals surface area contributed by atoms with Crippen LogP contribution in [0.3, 0.4) is 0 Å². The number of carbonyl (C=O) groups is 2. The van der Waals surface area contributed by atoms with Gasteiger partial charge in [0, 0.05) is 11.8 Å². The Bertz CT molecular complexity index is 342. The minimum atomic E-state index is -0.316. The molecule has 0 bridgehead atoms. The van der Waals surface area contributed by atoms with Gasteiger partial charge in [-0.1, -0.05) is 6.92 Å². The second-order valence-electron chi connectivity index (χ2n) is 3.23. The molecule has 0 radical (unpaired) electrons. The molecule has 15 heavy (non-hydrogen) atoms. The van der Waals surface area contributed by atoms with Crippen molar-refractivity contribution in [3.63, 3.8) is 0 Å². The quantitative estimate of drug-likeness (QED) is 0.612. The maximum atomic E-state index is 11.5. The van der Waals surface area contributed by atoms with Crippen LogP contribution in [0.5, 0.6) is 0 Å². The van der Waals surface area contributed by atoms with Gasteiger partial charge in [-0.25, -0.2) is 0 Å². The van der Waals surface area contributed by atoms with E-state index in [2.05, 4.69) is 10.3 Å². The molecule has 0 saturated carbocycles. The molecular formula is C10H14N2O3. The number of rotatable bonds is 5. The third-order valence-corrected chi connectivity index (χ3v) is 2.13. The molecule has 1 unspecified atom stereocenters. The van der Waals surface area contributed by atoms with Gasteiger partial charge < -0.3 is 15.4 Å². The second kappa shape index (κ2) is 5.31. The van der Waals surface area contributed by atoms with Crippen LogP contribution in [0.2, 0.25) is 0 Å². The van der Waals surface area contributed by atoms with Crippen molar-refractivity contribution in [3.05, 3.63) is 23.5 Å². The highest BCUT2D eigenvalue weighted by molar-refractivity contribution is 5.94. The Kier molecular flexibility index (Phi) is 4.05. The van der Waals surface area contributed by atoms with Crippen LogP contribution >= 0.6 is 0 Å². The van der Waals surface area contributed by atoms with Gasteiger partial charge in [0.15, 0.2) is 6.29 Å². The van der Waals surface area contributed by atoms with Gasteiger partial charge in [0.25, 0.3) is 5.91 Å². The molecule has 0 aromatic carbocycles. The first-order chi connectivity index (χ1) is 7.21. The van der Waals surface area contributed by atoms with Crippen LogP contribution in [-0.4, -0.2) is 34.9 Å². The summed E-state index contributed by atoms with van der Waals surface area (Å²) in [5.74, 6) is -0.316. The van der Waals surface area contributed by atoms with Crippen LogP contribution in [0.15, 0.2) is 12.3 Å². The lowest BCUT2D eigenvalue weighted by Gasteiger charge is -2.12. The molecule has 0 aliphatic rings. The van der Waals surface area contributed by atoms with Crippen molar-refractivity contribution in [1.82, 2.24) is 10.3 Å². The van der Waals surface area contributed by atoms with Crippen molar-refractivity contribution >= 4 is 12.2 Å². The highest BCUT2D eigenvalue weighted by Gasteiger charge is 2.12. The summed E-state index contributed by atoms with van der Waals surface area (Å²) >= 11 is 0. The number of aldehydes is 1. The van der Waals surface area contributed by atoms with E-state index in [-0.39, 0.29) is 18.6 Å². The molecule has 0 aliphatic carbocycles. The van der Waals surface area contributed by atoms with Crippen LogP contribution < -0.4 is 5.32 Å². The molecule has 5 heteroatoms. The van der Waals surface area contributed by atoms with E-state index >= 15 is 0 Å². The van der Waals surface area contributed by atoms with E-state index in [1.807, 2.05) is 6.92 Å².